The van der Waals surface area contributed by atoms with Crippen LogP contribution in [0.5, 0.6) is 0 Å². The van der Waals surface area contributed by atoms with E-state index in [1.807, 2.05) is 6.07 Å². The Labute approximate surface area is 205 Å². The van der Waals surface area contributed by atoms with Crippen molar-refractivity contribution in [3.63, 3.8) is 0 Å². The minimum absolute atomic E-state index is 0.155. The molecule has 4 heteroatoms. The van der Waals surface area contributed by atoms with Crippen LogP contribution in [0.15, 0.2) is 97.1 Å². The molecule has 3 nitrogen and oxygen atoms in total. The molecule has 1 heterocycles. The molecule has 1 aliphatic rings. The molecule has 0 fully saturated rings. The first-order valence-corrected chi connectivity index (χ1v) is 12.0. The second kappa shape index (κ2) is 9.74. The van der Waals surface area contributed by atoms with E-state index in [9.17, 15) is 4.79 Å². The Hall–Kier alpha value is -3.56. The summed E-state index contributed by atoms with van der Waals surface area (Å²) in [6.45, 7) is 3.08. The highest BCUT2D eigenvalue weighted by molar-refractivity contribution is 6.33. The summed E-state index contributed by atoms with van der Waals surface area (Å²) < 4.78 is 5.09. The van der Waals surface area contributed by atoms with Gasteiger partial charge in [0.15, 0.2) is 0 Å². The van der Waals surface area contributed by atoms with E-state index in [0.29, 0.717) is 17.2 Å². The van der Waals surface area contributed by atoms with Crippen molar-refractivity contribution in [1.29, 1.82) is 0 Å². The molecule has 170 valence electrons. The lowest BCUT2D eigenvalue weighted by Crippen LogP contribution is -2.27. The van der Waals surface area contributed by atoms with Gasteiger partial charge in [0.1, 0.15) is 0 Å². The largest absolute Gasteiger partial charge is 0.462 e. The van der Waals surface area contributed by atoms with Crippen LogP contribution in [0.2, 0.25) is 5.02 Å². The summed E-state index contributed by atoms with van der Waals surface area (Å²) in [6, 6.07) is 33.4. The van der Waals surface area contributed by atoms with E-state index in [4.69, 9.17) is 16.3 Å². The molecule has 4 aromatic carbocycles. The molecule has 0 atom stereocenters. The molecule has 0 saturated heterocycles. The first-order chi connectivity index (χ1) is 16.7. The second-order valence-corrected chi connectivity index (χ2v) is 8.83. The highest BCUT2D eigenvalue weighted by Gasteiger charge is 2.28. The van der Waals surface area contributed by atoms with Crippen LogP contribution in [-0.2, 0) is 11.2 Å². The SMILES string of the molecule is CCOC(=O)c1ccc(-c2ccc3c(c2)CCN3C(c2ccccc2)c2ccccc2)c(Cl)c1. The van der Waals surface area contributed by atoms with Crippen LogP contribution in [0.25, 0.3) is 11.1 Å². The number of carbonyl (C=O) groups is 1. The van der Waals surface area contributed by atoms with E-state index in [1.54, 1.807) is 19.1 Å². The van der Waals surface area contributed by atoms with Crippen LogP contribution in [0.4, 0.5) is 5.69 Å². The maximum Gasteiger partial charge on any atom is 0.338 e. The Morgan fingerprint density at radius 2 is 1.59 bits per heavy atom. The summed E-state index contributed by atoms with van der Waals surface area (Å²) in [5, 5.41) is 0.548. The van der Waals surface area contributed by atoms with Crippen molar-refractivity contribution in [2.45, 2.75) is 19.4 Å². The van der Waals surface area contributed by atoms with Gasteiger partial charge in [-0.25, -0.2) is 4.79 Å². The molecule has 0 spiro atoms. The van der Waals surface area contributed by atoms with Gasteiger partial charge >= 0.3 is 5.97 Å². The van der Waals surface area contributed by atoms with E-state index in [-0.39, 0.29) is 12.0 Å². The van der Waals surface area contributed by atoms with Crippen LogP contribution in [0.1, 0.15) is 40.0 Å². The first kappa shape index (κ1) is 22.2. The third-order valence-electron chi connectivity index (χ3n) is 6.34. The van der Waals surface area contributed by atoms with Gasteiger partial charge in [0.05, 0.1) is 18.2 Å². The molecular formula is C30H26ClNO2. The maximum atomic E-state index is 12.0. The van der Waals surface area contributed by atoms with Crippen molar-refractivity contribution >= 4 is 23.3 Å². The van der Waals surface area contributed by atoms with Crippen LogP contribution >= 0.6 is 11.6 Å². The standard InChI is InChI=1S/C30H26ClNO2/c1-2-34-30(33)25-13-15-26(27(31)20-25)23-14-16-28-24(19-23)17-18-32(28)29(21-9-5-3-6-10-21)22-11-7-4-8-12-22/h3-16,19-20,29H,2,17-18H2,1H3. The van der Waals surface area contributed by atoms with Crippen molar-refractivity contribution in [2.24, 2.45) is 0 Å². The van der Waals surface area contributed by atoms with Gasteiger partial charge in [-0.2, -0.15) is 0 Å². The van der Waals surface area contributed by atoms with Gasteiger partial charge in [-0.15, -0.1) is 0 Å². The lowest BCUT2D eigenvalue weighted by molar-refractivity contribution is 0.0526. The Morgan fingerprint density at radius 3 is 2.21 bits per heavy atom. The third kappa shape index (κ3) is 4.32. The number of fused-ring (bicyclic) bond motifs is 1. The molecule has 0 radical (unpaired) electrons. The Balaban J connectivity index is 1.49. The number of benzene rings is 4. The van der Waals surface area contributed by atoms with Crippen molar-refractivity contribution in [1.82, 2.24) is 0 Å². The number of hydrogen-bond donors (Lipinski definition) is 0. The monoisotopic (exact) mass is 467 g/mol. The van der Waals surface area contributed by atoms with Crippen LogP contribution in [0, 0.1) is 0 Å². The Bertz CT molecular complexity index is 1260. The number of esters is 1. The number of hydrogen-bond acceptors (Lipinski definition) is 3. The van der Waals surface area contributed by atoms with Gasteiger partial charge in [-0.1, -0.05) is 84.4 Å². The van der Waals surface area contributed by atoms with Crippen molar-refractivity contribution < 1.29 is 9.53 Å². The number of ether oxygens (including phenoxy) is 1. The summed E-state index contributed by atoms with van der Waals surface area (Å²) in [5.41, 5.74) is 7.55. The van der Waals surface area contributed by atoms with Gasteiger partial charge in [0, 0.05) is 22.8 Å². The fourth-order valence-electron chi connectivity index (χ4n) is 4.78. The number of anilines is 1. The van der Waals surface area contributed by atoms with E-state index in [2.05, 4.69) is 83.8 Å². The number of carbonyl (C=O) groups excluding carboxylic acids is 1. The summed E-state index contributed by atoms with van der Waals surface area (Å²) in [7, 11) is 0. The zero-order valence-corrected chi connectivity index (χ0v) is 19.8. The van der Waals surface area contributed by atoms with E-state index >= 15 is 0 Å². The summed E-state index contributed by atoms with van der Waals surface area (Å²) in [6.07, 6.45) is 0.970. The molecule has 5 rings (SSSR count). The summed E-state index contributed by atoms with van der Waals surface area (Å²) >= 11 is 6.58. The van der Waals surface area contributed by atoms with Crippen molar-refractivity contribution in [2.75, 3.05) is 18.1 Å². The number of nitrogens with zero attached hydrogens (tertiary/aromatic N) is 1. The topological polar surface area (TPSA) is 29.5 Å². The zero-order valence-electron chi connectivity index (χ0n) is 19.1. The van der Waals surface area contributed by atoms with Gasteiger partial charge < -0.3 is 9.64 Å². The zero-order chi connectivity index (χ0) is 23.5. The third-order valence-corrected chi connectivity index (χ3v) is 6.66. The van der Waals surface area contributed by atoms with E-state index in [1.165, 1.54) is 22.4 Å². The predicted octanol–water partition coefficient (Wildman–Crippen LogP) is 7.34. The quantitative estimate of drug-likeness (QED) is 0.278. The maximum absolute atomic E-state index is 12.0. The van der Waals surface area contributed by atoms with Crippen LogP contribution in [0.3, 0.4) is 0 Å². The predicted molar refractivity (Wildman–Crippen MR) is 139 cm³/mol. The molecule has 0 saturated carbocycles. The lowest BCUT2D eigenvalue weighted by atomic mass is 9.96. The van der Waals surface area contributed by atoms with Gasteiger partial charge in [-0.05, 0) is 59.9 Å². The average molecular weight is 468 g/mol. The van der Waals surface area contributed by atoms with Crippen LogP contribution in [-0.4, -0.2) is 19.1 Å². The van der Waals surface area contributed by atoms with E-state index in [0.717, 1.165) is 24.1 Å². The molecule has 1 aliphatic heterocycles. The fourth-order valence-corrected chi connectivity index (χ4v) is 5.07. The van der Waals surface area contributed by atoms with E-state index < -0.39 is 0 Å². The van der Waals surface area contributed by atoms with Crippen molar-refractivity contribution in [3.8, 4) is 11.1 Å². The van der Waals surface area contributed by atoms with Crippen molar-refractivity contribution in [3.05, 3.63) is 124 Å². The summed E-state index contributed by atoms with van der Waals surface area (Å²) in [4.78, 5) is 14.5. The smallest absolute Gasteiger partial charge is 0.338 e. The number of halogens is 1. The lowest BCUT2D eigenvalue weighted by Gasteiger charge is -2.31. The molecule has 34 heavy (non-hydrogen) atoms. The highest BCUT2D eigenvalue weighted by atomic mass is 35.5. The molecule has 0 aliphatic carbocycles. The fraction of sp³-hybridized carbons (Fsp3) is 0.167. The minimum Gasteiger partial charge on any atom is -0.462 e. The number of rotatable bonds is 6. The molecule has 0 amide bonds. The molecule has 0 N–H and O–H groups in total. The van der Waals surface area contributed by atoms with Crippen LogP contribution < -0.4 is 4.90 Å². The summed E-state index contributed by atoms with van der Waals surface area (Å²) in [5.74, 6) is -0.353. The molecule has 0 bridgehead atoms. The normalized spacial score (nSPS) is 12.6. The Morgan fingerprint density at radius 1 is 0.912 bits per heavy atom. The molecule has 0 aromatic heterocycles. The molecular weight excluding hydrogens is 442 g/mol. The molecule has 0 unspecified atom stereocenters. The highest BCUT2D eigenvalue weighted by Crippen LogP contribution is 2.41. The minimum atomic E-state index is -0.353. The van der Waals surface area contributed by atoms with Gasteiger partial charge in [0.2, 0.25) is 0 Å². The first-order valence-electron chi connectivity index (χ1n) is 11.6. The van der Waals surface area contributed by atoms with Gasteiger partial charge in [-0.3, -0.25) is 0 Å². The average Bonchev–Trinajstić information content (AvgIpc) is 3.28. The molecule has 4 aromatic rings. The van der Waals surface area contributed by atoms with Gasteiger partial charge in [0.25, 0.3) is 0 Å². The Kier molecular flexibility index (Phi) is 6.37. The second-order valence-electron chi connectivity index (χ2n) is 8.43.